The fraction of sp³-hybridized carbons (Fsp3) is 0.600. The predicted octanol–water partition coefficient (Wildman–Crippen LogP) is 3.76. The zero-order valence-corrected chi connectivity index (χ0v) is 12.2. The van der Waals surface area contributed by atoms with Gasteiger partial charge in [0.25, 0.3) is 0 Å². The summed E-state index contributed by atoms with van der Waals surface area (Å²) >= 11 is 0. The molecule has 1 aromatic carbocycles. The molecule has 0 amide bonds. The van der Waals surface area contributed by atoms with Crippen molar-refractivity contribution < 1.29 is 4.74 Å². The van der Waals surface area contributed by atoms with E-state index in [0.29, 0.717) is 18.2 Å². The van der Waals surface area contributed by atoms with E-state index in [1.165, 1.54) is 0 Å². The van der Waals surface area contributed by atoms with E-state index in [9.17, 15) is 0 Å². The highest BCUT2D eigenvalue weighted by atomic mass is 16.5. The molecule has 0 spiro atoms. The molecule has 0 aromatic heterocycles. The Morgan fingerprint density at radius 1 is 1.33 bits per heavy atom. The van der Waals surface area contributed by atoms with E-state index in [-0.39, 0.29) is 5.41 Å². The summed E-state index contributed by atoms with van der Waals surface area (Å²) < 4.78 is 5.49. The van der Waals surface area contributed by atoms with Crippen molar-refractivity contribution in [3.63, 3.8) is 0 Å². The molecule has 3 heteroatoms. The molecule has 0 saturated carbocycles. The molecular formula is C15H26N2O. The van der Waals surface area contributed by atoms with Gasteiger partial charge >= 0.3 is 0 Å². The number of ether oxygens (including phenoxy) is 1. The first-order valence-electron chi connectivity index (χ1n) is 6.63. The standard InChI is InChI=1S/C15H26N2O/c1-6-18-14-9-12(7-8-13(14)16)17-10-15(4,5)11(2)3/h7-9,11,17H,6,10,16H2,1-5H3. The zero-order valence-electron chi connectivity index (χ0n) is 12.2. The minimum Gasteiger partial charge on any atom is -0.492 e. The number of nitrogens with one attached hydrogen (secondary N) is 1. The van der Waals surface area contributed by atoms with Crippen LogP contribution >= 0.6 is 0 Å². The van der Waals surface area contributed by atoms with Crippen LogP contribution in [0.2, 0.25) is 0 Å². The van der Waals surface area contributed by atoms with Gasteiger partial charge in [-0.2, -0.15) is 0 Å². The maximum Gasteiger partial charge on any atom is 0.144 e. The summed E-state index contributed by atoms with van der Waals surface area (Å²) in [5.74, 6) is 1.38. The third-order valence-corrected chi connectivity index (χ3v) is 3.62. The van der Waals surface area contributed by atoms with Gasteiger partial charge in [0, 0.05) is 18.3 Å². The highest BCUT2D eigenvalue weighted by Crippen LogP contribution is 2.29. The first-order chi connectivity index (χ1) is 8.36. The fourth-order valence-corrected chi connectivity index (χ4v) is 1.46. The number of rotatable bonds is 6. The fourth-order valence-electron chi connectivity index (χ4n) is 1.46. The van der Waals surface area contributed by atoms with Crippen molar-refractivity contribution in [3.05, 3.63) is 18.2 Å². The van der Waals surface area contributed by atoms with Gasteiger partial charge in [-0.25, -0.2) is 0 Å². The van der Waals surface area contributed by atoms with Crippen LogP contribution in [0.15, 0.2) is 18.2 Å². The number of benzene rings is 1. The van der Waals surface area contributed by atoms with Crippen molar-refractivity contribution in [3.8, 4) is 5.75 Å². The third kappa shape index (κ3) is 3.83. The smallest absolute Gasteiger partial charge is 0.144 e. The molecule has 18 heavy (non-hydrogen) atoms. The van der Waals surface area contributed by atoms with Crippen LogP contribution < -0.4 is 15.8 Å². The Morgan fingerprint density at radius 2 is 2.00 bits per heavy atom. The number of nitrogen functional groups attached to an aromatic ring is 1. The Morgan fingerprint density at radius 3 is 2.56 bits per heavy atom. The molecule has 1 aromatic rings. The largest absolute Gasteiger partial charge is 0.492 e. The summed E-state index contributed by atoms with van der Waals surface area (Å²) in [5.41, 5.74) is 7.85. The average Bonchev–Trinajstić information content (AvgIpc) is 2.30. The molecule has 1 rings (SSSR count). The van der Waals surface area contributed by atoms with E-state index >= 15 is 0 Å². The van der Waals surface area contributed by atoms with Gasteiger partial charge in [0.1, 0.15) is 5.75 Å². The SMILES string of the molecule is CCOc1cc(NCC(C)(C)C(C)C)ccc1N. The molecule has 0 radical (unpaired) electrons. The molecule has 0 aliphatic heterocycles. The summed E-state index contributed by atoms with van der Waals surface area (Å²) in [7, 11) is 0. The number of anilines is 2. The number of nitrogens with two attached hydrogens (primary N) is 1. The zero-order chi connectivity index (χ0) is 13.8. The molecule has 0 bridgehead atoms. The van der Waals surface area contributed by atoms with Crippen LogP contribution in [-0.2, 0) is 0 Å². The van der Waals surface area contributed by atoms with Crippen molar-refractivity contribution >= 4 is 11.4 Å². The van der Waals surface area contributed by atoms with Crippen LogP contribution in [0.1, 0.15) is 34.6 Å². The lowest BCUT2D eigenvalue weighted by Gasteiger charge is -2.30. The first kappa shape index (κ1) is 14.7. The molecule has 3 nitrogen and oxygen atoms in total. The van der Waals surface area contributed by atoms with Crippen molar-refractivity contribution in [2.45, 2.75) is 34.6 Å². The van der Waals surface area contributed by atoms with Gasteiger partial charge in [-0.15, -0.1) is 0 Å². The monoisotopic (exact) mass is 250 g/mol. The number of hydrogen-bond donors (Lipinski definition) is 2. The summed E-state index contributed by atoms with van der Waals surface area (Å²) in [6.45, 7) is 12.6. The maximum absolute atomic E-state index is 5.85. The molecule has 0 unspecified atom stereocenters. The van der Waals surface area contributed by atoms with Gasteiger partial charge < -0.3 is 15.8 Å². The second kappa shape index (κ2) is 5.98. The van der Waals surface area contributed by atoms with Gasteiger partial charge in [0.15, 0.2) is 0 Å². The van der Waals surface area contributed by atoms with E-state index in [2.05, 4.69) is 33.0 Å². The molecule has 0 heterocycles. The van der Waals surface area contributed by atoms with Crippen LogP contribution in [0.4, 0.5) is 11.4 Å². The minimum absolute atomic E-state index is 0.257. The Bertz CT molecular complexity index is 386. The lowest BCUT2D eigenvalue weighted by molar-refractivity contribution is 0.269. The lowest BCUT2D eigenvalue weighted by Crippen LogP contribution is -2.28. The van der Waals surface area contributed by atoms with Crippen LogP contribution in [0.25, 0.3) is 0 Å². The van der Waals surface area contributed by atoms with Crippen molar-refractivity contribution in [1.29, 1.82) is 0 Å². The van der Waals surface area contributed by atoms with Gasteiger partial charge in [-0.3, -0.25) is 0 Å². The second-order valence-electron chi connectivity index (χ2n) is 5.68. The van der Waals surface area contributed by atoms with E-state index in [0.717, 1.165) is 18.0 Å². The van der Waals surface area contributed by atoms with E-state index in [1.807, 2.05) is 25.1 Å². The molecule has 0 aliphatic carbocycles. The van der Waals surface area contributed by atoms with Crippen LogP contribution in [0.3, 0.4) is 0 Å². The maximum atomic E-state index is 5.85. The Hall–Kier alpha value is -1.38. The second-order valence-corrected chi connectivity index (χ2v) is 5.68. The van der Waals surface area contributed by atoms with E-state index in [1.54, 1.807) is 0 Å². The average molecular weight is 250 g/mol. The van der Waals surface area contributed by atoms with Crippen molar-refractivity contribution in [2.75, 3.05) is 24.2 Å². The Balaban J connectivity index is 2.71. The van der Waals surface area contributed by atoms with Gasteiger partial charge in [0.05, 0.1) is 12.3 Å². The van der Waals surface area contributed by atoms with Gasteiger partial charge in [-0.05, 0) is 30.4 Å². The highest BCUT2D eigenvalue weighted by Gasteiger charge is 2.21. The third-order valence-electron chi connectivity index (χ3n) is 3.62. The normalized spacial score (nSPS) is 11.7. The van der Waals surface area contributed by atoms with Gasteiger partial charge in [-0.1, -0.05) is 27.7 Å². The summed E-state index contributed by atoms with van der Waals surface area (Å²) in [4.78, 5) is 0. The van der Waals surface area contributed by atoms with Crippen molar-refractivity contribution in [2.24, 2.45) is 11.3 Å². The molecular weight excluding hydrogens is 224 g/mol. The van der Waals surface area contributed by atoms with E-state index < -0.39 is 0 Å². The van der Waals surface area contributed by atoms with Crippen LogP contribution in [0, 0.1) is 11.3 Å². The van der Waals surface area contributed by atoms with E-state index in [4.69, 9.17) is 10.5 Å². The quantitative estimate of drug-likeness (QED) is 0.756. The molecule has 102 valence electrons. The lowest BCUT2D eigenvalue weighted by atomic mass is 9.81. The predicted molar refractivity (Wildman–Crippen MR) is 79.1 cm³/mol. The molecule has 0 aliphatic rings. The van der Waals surface area contributed by atoms with Crippen molar-refractivity contribution in [1.82, 2.24) is 0 Å². The number of hydrogen-bond acceptors (Lipinski definition) is 3. The highest BCUT2D eigenvalue weighted by molar-refractivity contribution is 5.61. The Kier molecular flexibility index (Phi) is 4.88. The summed E-state index contributed by atoms with van der Waals surface area (Å²) in [6, 6.07) is 5.85. The topological polar surface area (TPSA) is 47.3 Å². The Labute approximate surface area is 111 Å². The summed E-state index contributed by atoms with van der Waals surface area (Å²) in [5, 5.41) is 3.46. The van der Waals surface area contributed by atoms with Gasteiger partial charge in [0.2, 0.25) is 0 Å². The first-order valence-corrected chi connectivity index (χ1v) is 6.63. The molecule has 0 fully saturated rings. The summed E-state index contributed by atoms with van der Waals surface area (Å²) in [6.07, 6.45) is 0. The van der Waals surface area contributed by atoms with Crippen LogP contribution in [-0.4, -0.2) is 13.2 Å². The molecule has 3 N–H and O–H groups in total. The minimum atomic E-state index is 0.257. The molecule has 0 saturated heterocycles. The molecule has 0 atom stereocenters. The van der Waals surface area contributed by atoms with Crippen LogP contribution in [0.5, 0.6) is 5.75 Å².